The Morgan fingerprint density at radius 3 is 2.38 bits per heavy atom. The van der Waals surface area contributed by atoms with Gasteiger partial charge in [-0.25, -0.2) is 0 Å². The predicted molar refractivity (Wildman–Crippen MR) is 97.4 cm³/mol. The summed E-state index contributed by atoms with van der Waals surface area (Å²) >= 11 is 11.9. The van der Waals surface area contributed by atoms with Gasteiger partial charge >= 0.3 is 0 Å². The van der Waals surface area contributed by atoms with Gasteiger partial charge in [0.25, 0.3) is 0 Å². The SMILES string of the molecule is COc1ccc(OC)c(CCC(=O)Nc2cc(Cl)c(N)c(Cl)c2)c1. The molecule has 0 unspecified atom stereocenters. The summed E-state index contributed by atoms with van der Waals surface area (Å²) in [5.74, 6) is 1.25. The first-order chi connectivity index (χ1) is 11.4. The maximum atomic E-state index is 12.1. The fourth-order valence-electron chi connectivity index (χ4n) is 2.21. The molecule has 24 heavy (non-hydrogen) atoms. The monoisotopic (exact) mass is 368 g/mol. The summed E-state index contributed by atoms with van der Waals surface area (Å²) in [7, 11) is 3.18. The molecule has 128 valence electrons. The molecule has 5 nitrogen and oxygen atoms in total. The van der Waals surface area contributed by atoms with Crippen LogP contribution in [0.2, 0.25) is 10.0 Å². The molecule has 1 amide bonds. The summed E-state index contributed by atoms with van der Waals surface area (Å²) in [6.45, 7) is 0. The molecule has 0 aliphatic rings. The molecule has 2 aromatic rings. The fourth-order valence-corrected chi connectivity index (χ4v) is 2.69. The van der Waals surface area contributed by atoms with Gasteiger partial charge in [0.15, 0.2) is 0 Å². The van der Waals surface area contributed by atoms with Crippen LogP contribution in [0.25, 0.3) is 0 Å². The molecule has 0 fully saturated rings. The highest BCUT2D eigenvalue weighted by Crippen LogP contribution is 2.31. The number of amides is 1. The Bertz CT molecular complexity index is 728. The molecule has 0 saturated heterocycles. The summed E-state index contributed by atoms with van der Waals surface area (Å²) in [4.78, 5) is 12.1. The Labute approximate surface area is 150 Å². The van der Waals surface area contributed by atoms with Gasteiger partial charge < -0.3 is 20.5 Å². The van der Waals surface area contributed by atoms with E-state index in [2.05, 4.69) is 5.32 Å². The van der Waals surface area contributed by atoms with E-state index >= 15 is 0 Å². The number of hydrogen-bond acceptors (Lipinski definition) is 4. The van der Waals surface area contributed by atoms with Gasteiger partial charge in [0.05, 0.1) is 30.0 Å². The van der Waals surface area contributed by atoms with E-state index in [1.165, 1.54) is 0 Å². The molecule has 0 bridgehead atoms. The topological polar surface area (TPSA) is 73.6 Å². The van der Waals surface area contributed by atoms with Crippen LogP contribution < -0.4 is 20.5 Å². The maximum Gasteiger partial charge on any atom is 0.224 e. The standard InChI is InChI=1S/C17H18Cl2N2O3/c1-23-12-4-5-15(24-2)10(7-12)3-6-16(22)21-11-8-13(18)17(20)14(19)9-11/h4-5,7-9H,3,6,20H2,1-2H3,(H,21,22). The van der Waals surface area contributed by atoms with Crippen molar-refractivity contribution in [1.82, 2.24) is 0 Å². The molecule has 0 heterocycles. The lowest BCUT2D eigenvalue weighted by molar-refractivity contribution is -0.116. The van der Waals surface area contributed by atoms with E-state index in [-0.39, 0.29) is 18.0 Å². The number of aryl methyl sites for hydroxylation is 1. The number of carbonyl (C=O) groups excluding carboxylic acids is 1. The minimum absolute atomic E-state index is 0.170. The van der Waals surface area contributed by atoms with E-state index in [9.17, 15) is 4.79 Å². The second kappa shape index (κ2) is 8.13. The van der Waals surface area contributed by atoms with Gasteiger partial charge in [0.2, 0.25) is 5.91 Å². The molecule has 2 rings (SSSR count). The number of nitrogen functional groups attached to an aromatic ring is 1. The zero-order valence-corrected chi connectivity index (χ0v) is 14.9. The van der Waals surface area contributed by atoms with Gasteiger partial charge in [-0.15, -0.1) is 0 Å². The molecule has 7 heteroatoms. The van der Waals surface area contributed by atoms with Crippen LogP contribution in [0.5, 0.6) is 11.5 Å². The quantitative estimate of drug-likeness (QED) is 0.750. The maximum absolute atomic E-state index is 12.1. The van der Waals surface area contributed by atoms with Crippen LogP contribution in [0.4, 0.5) is 11.4 Å². The second-order valence-corrected chi connectivity index (χ2v) is 5.89. The van der Waals surface area contributed by atoms with Crippen molar-refractivity contribution >= 4 is 40.5 Å². The number of carbonyl (C=O) groups is 1. The van der Waals surface area contributed by atoms with Crippen LogP contribution in [-0.4, -0.2) is 20.1 Å². The lowest BCUT2D eigenvalue weighted by atomic mass is 10.1. The summed E-state index contributed by atoms with van der Waals surface area (Å²) in [5.41, 5.74) is 7.35. The van der Waals surface area contributed by atoms with Crippen molar-refractivity contribution in [2.75, 3.05) is 25.3 Å². The van der Waals surface area contributed by atoms with E-state index in [1.807, 2.05) is 12.1 Å². The van der Waals surface area contributed by atoms with Crippen LogP contribution in [0, 0.1) is 0 Å². The van der Waals surface area contributed by atoms with E-state index in [0.717, 1.165) is 5.56 Å². The molecule has 2 aromatic carbocycles. The Morgan fingerprint density at radius 1 is 1.12 bits per heavy atom. The highest BCUT2D eigenvalue weighted by molar-refractivity contribution is 6.39. The number of halogens is 2. The highest BCUT2D eigenvalue weighted by atomic mass is 35.5. The molecular weight excluding hydrogens is 351 g/mol. The fraction of sp³-hybridized carbons (Fsp3) is 0.235. The number of ether oxygens (including phenoxy) is 2. The number of nitrogens with one attached hydrogen (secondary N) is 1. The van der Waals surface area contributed by atoms with Crippen LogP contribution >= 0.6 is 23.2 Å². The third kappa shape index (κ3) is 4.46. The molecular formula is C17H18Cl2N2O3. The normalized spacial score (nSPS) is 10.3. The van der Waals surface area contributed by atoms with Crippen LogP contribution in [0.15, 0.2) is 30.3 Å². The zero-order chi connectivity index (χ0) is 17.7. The molecule has 0 radical (unpaired) electrons. The minimum Gasteiger partial charge on any atom is -0.497 e. The summed E-state index contributed by atoms with van der Waals surface area (Å²) < 4.78 is 10.5. The van der Waals surface area contributed by atoms with Gasteiger partial charge in [-0.05, 0) is 42.3 Å². The van der Waals surface area contributed by atoms with Crippen molar-refractivity contribution in [3.63, 3.8) is 0 Å². The second-order valence-electron chi connectivity index (χ2n) is 5.08. The average molecular weight is 369 g/mol. The average Bonchev–Trinajstić information content (AvgIpc) is 2.57. The smallest absolute Gasteiger partial charge is 0.224 e. The summed E-state index contributed by atoms with van der Waals surface area (Å²) in [5, 5.41) is 3.35. The van der Waals surface area contributed by atoms with Crippen molar-refractivity contribution in [2.24, 2.45) is 0 Å². The van der Waals surface area contributed by atoms with Crippen molar-refractivity contribution in [3.05, 3.63) is 45.9 Å². The first-order valence-corrected chi connectivity index (χ1v) is 7.95. The minimum atomic E-state index is -0.170. The molecule has 3 N–H and O–H groups in total. The Kier molecular flexibility index (Phi) is 6.17. The lowest BCUT2D eigenvalue weighted by Gasteiger charge is -2.11. The number of rotatable bonds is 6. The first kappa shape index (κ1) is 18.2. The van der Waals surface area contributed by atoms with Gasteiger partial charge in [-0.3, -0.25) is 4.79 Å². The number of nitrogens with two attached hydrogens (primary N) is 1. The summed E-state index contributed by atoms with van der Waals surface area (Å²) in [6.07, 6.45) is 0.770. The van der Waals surface area contributed by atoms with Crippen LogP contribution in [-0.2, 0) is 11.2 Å². The van der Waals surface area contributed by atoms with Gasteiger partial charge in [0, 0.05) is 12.1 Å². The highest BCUT2D eigenvalue weighted by Gasteiger charge is 2.10. The first-order valence-electron chi connectivity index (χ1n) is 7.20. The number of benzene rings is 2. The molecule has 0 aromatic heterocycles. The van der Waals surface area contributed by atoms with E-state index in [4.69, 9.17) is 38.4 Å². The van der Waals surface area contributed by atoms with Gasteiger partial charge in [-0.1, -0.05) is 23.2 Å². The molecule has 0 aliphatic heterocycles. The van der Waals surface area contributed by atoms with Crippen LogP contribution in [0.3, 0.4) is 0 Å². The Hall–Kier alpha value is -2.11. The van der Waals surface area contributed by atoms with E-state index in [0.29, 0.717) is 33.7 Å². The van der Waals surface area contributed by atoms with Gasteiger partial charge in [-0.2, -0.15) is 0 Å². The molecule has 0 aliphatic carbocycles. The molecule has 0 atom stereocenters. The third-order valence-corrected chi connectivity index (χ3v) is 4.10. The molecule has 0 saturated carbocycles. The lowest BCUT2D eigenvalue weighted by Crippen LogP contribution is -2.13. The third-order valence-electron chi connectivity index (χ3n) is 3.47. The molecule has 0 spiro atoms. The van der Waals surface area contributed by atoms with Crippen molar-refractivity contribution < 1.29 is 14.3 Å². The largest absolute Gasteiger partial charge is 0.497 e. The van der Waals surface area contributed by atoms with E-state index < -0.39 is 0 Å². The zero-order valence-electron chi connectivity index (χ0n) is 13.4. The van der Waals surface area contributed by atoms with Crippen molar-refractivity contribution in [2.45, 2.75) is 12.8 Å². The number of anilines is 2. The number of methoxy groups -OCH3 is 2. The summed E-state index contributed by atoms with van der Waals surface area (Å²) in [6, 6.07) is 8.59. The van der Waals surface area contributed by atoms with Crippen LogP contribution in [0.1, 0.15) is 12.0 Å². The Morgan fingerprint density at radius 2 is 1.79 bits per heavy atom. The number of hydrogen-bond donors (Lipinski definition) is 2. The van der Waals surface area contributed by atoms with Crippen molar-refractivity contribution in [1.29, 1.82) is 0 Å². The predicted octanol–water partition coefficient (Wildman–Crippen LogP) is 4.16. The van der Waals surface area contributed by atoms with Gasteiger partial charge in [0.1, 0.15) is 11.5 Å². The van der Waals surface area contributed by atoms with Crippen molar-refractivity contribution in [3.8, 4) is 11.5 Å². The van der Waals surface area contributed by atoms with E-state index in [1.54, 1.807) is 32.4 Å². The Balaban J connectivity index is 2.03.